The first-order valence-electron chi connectivity index (χ1n) is 7.34. The second kappa shape index (κ2) is 6.73. The first-order chi connectivity index (χ1) is 10.0. The Morgan fingerprint density at radius 3 is 2.57 bits per heavy atom. The maximum absolute atomic E-state index is 14.6. The van der Waals surface area contributed by atoms with Crippen LogP contribution in [0.25, 0.3) is 0 Å². The van der Waals surface area contributed by atoms with Crippen molar-refractivity contribution in [2.75, 3.05) is 40.5 Å². The van der Waals surface area contributed by atoms with E-state index in [1.165, 1.54) is 7.11 Å². The van der Waals surface area contributed by atoms with Gasteiger partial charge >= 0.3 is 0 Å². The Morgan fingerprint density at radius 1 is 1.33 bits per heavy atom. The second-order valence-electron chi connectivity index (χ2n) is 5.84. The minimum Gasteiger partial charge on any atom is -0.494 e. The molecule has 21 heavy (non-hydrogen) atoms. The summed E-state index contributed by atoms with van der Waals surface area (Å²) in [6.07, 6.45) is 0. The van der Waals surface area contributed by atoms with E-state index in [9.17, 15) is 4.39 Å². The number of likely N-dealkylation sites (N-methyl/N-ethyl adjacent to an activating group) is 1. The van der Waals surface area contributed by atoms with Crippen LogP contribution >= 0.6 is 0 Å². The molecule has 118 valence electrons. The molecule has 5 heteroatoms. The molecule has 0 aromatic heterocycles. The molecule has 2 rings (SSSR count). The highest BCUT2D eigenvalue weighted by atomic mass is 19.1. The van der Waals surface area contributed by atoms with Gasteiger partial charge in [0.2, 0.25) is 0 Å². The largest absolute Gasteiger partial charge is 0.494 e. The molecule has 0 aliphatic carbocycles. The molecular formula is C16H25FN2O2. The standard InChI is InChI=1S/C16H25FN2O2/c1-16(2,19-8-10-21-11-9-19)15(18-3)12-6-5-7-13(20-4)14(12)17/h5-7,15,18H,8-11H2,1-4H3. The Hall–Kier alpha value is -1.17. The molecule has 0 amide bonds. The van der Waals surface area contributed by atoms with E-state index in [2.05, 4.69) is 24.1 Å². The van der Waals surface area contributed by atoms with Gasteiger partial charge in [0.25, 0.3) is 0 Å². The lowest BCUT2D eigenvalue weighted by atomic mass is 9.86. The zero-order valence-electron chi connectivity index (χ0n) is 13.3. The summed E-state index contributed by atoms with van der Waals surface area (Å²) in [5.74, 6) is -0.00814. The van der Waals surface area contributed by atoms with Crippen LogP contribution in [-0.2, 0) is 4.74 Å². The zero-order chi connectivity index (χ0) is 15.5. The van der Waals surface area contributed by atoms with Gasteiger partial charge in [-0.05, 0) is 27.0 Å². The number of rotatable bonds is 5. The van der Waals surface area contributed by atoms with Gasteiger partial charge in [0.15, 0.2) is 11.6 Å². The molecule has 1 saturated heterocycles. The number of nitrogens with zero attached hydrogens (tertiary/aromatic N) is 1. The van der Waals surface area contributed by atoms with Crippen molar-refractivity contribution >= 4 is 0 Å². The van der Waals surface area contributed by atoms with E-state index in [4.69, 9.17) is 9.47 Å². The lowest BCUT2D eigenvalue weighted by molar-refractivity contribution is -0.0233. The molecule has 1 aliphatic rings. The fourth-order valence-corrected chi connectivity index (χ4v) is 3.12. The van der Waals surface area contributed by atoms with E-state index >= 15 is 0 Å². The van der Waals surface area contributed by atoms with Gasteiger partial charge in [0.05, 0.1) is 26.4 Å². The van der Waals surface area contributed by atoms with E-state index in [0.29, 0.717) is 5.56 Å². The van der Waals surface area contributed by atoms with Gasteiger partial charge in [-0.15, -0.1) is 0 Å². The van der Waals surface area contributed by atoms with Crippen molar-refractivity contribution in [2.24, 2.45) is 0 Å². The Bertz CT molecular complexity index is 473. The van der Waals surface area contributed by atoms with Crippen LogP contribution in [-0.4, -0.2) is 50.9 Å². The van der Waals surface area contributed by atoms with Crippen molar-refractivity contribution in [1.82, 2.24) is 10.2 Å². The molecule has 0 spiro atoms. The third-order valence-corrected chi connectivity index (χ3v) is 4.35. The summed E-state index contributed by atoms with van der Waals surface area (Å²) in [6.45, 7) is 7.44. The lowest BCUT2D eigenvalue weighted by Gasteiger charge is -2.46. The van der Waals surface area contributed by atoms with E-state index < -0.39 is 0 Å². The zero-order valence-corrected chi connectivity index (χ0v) is 13.3. The summed E-state index contributed by atoms with van der Waals surface area (Å²) in [6, 6.07) is 5.16. The summed E-state index contributed by atoms with van der Waals surface area (Å²) in [5.41, 5.74) is 0.402. The van der Waals surface area contributed by atoms with Crippen molar-refractivity contribution in [1.29, 1.82) is 0 Å². The summed E-state index contributed by atoms with van der Waals surface area (Å²) in [7, 11) is 3.36. The van der Waals surface area contributed by atoms with Crippen LogP contribution in [0.3, 0.4) is 0 Å². The fraction of sp³-hybridized carbons (Fsp3) is 0.625. The van der Waals surface area contributed by atoms with Crippen molar-refractivity contribution in [2.45, 2.75) is 25.4 Å². The van der Waals surface area contributed by atoms with Gasteiger partial charge in [-0.1, -0.05) is 12.1 Å². The molecule has 4 nitrogen and oxygen atoms in total. The monoisotopic (exact) mass is 296 g/mol. The highest BCUT2D eigenvalue weighted by Crippen LogP contribution is 2.35. The molecule has 0 bridgehead atoms. The van der Waals surface area contributed by atoms with Crippen molar-refractivity contribution in [3.8, 4) is 5.75 Å². The number of hydrogen-bond donors (Lipinski definition) is 1. The third kappa shape index (κ3) is 3.20. The van der Waals surface area contributed by atoms with Crippen LogP contribution in [0.2, 0.25) is 0 Å². The van der Waals surface area contributed by atoms with Gasteiger partial charge in [0, 0.05) is 24.2 Å². The molecule has 1 aromatic carbocycles. The SMILES string of the molecule is CNC(c1cccc(OC)c1F)C(C)(C)N1CCOCC1. The number of hydrogen-bond acceptors (Lipinski definition) is 4. The van der Waals surface area contributed by atoms with Crippen molar-refractivity contribution in [3.05, 3.63) is 29.6 Å². The highest BCUT2D eigenvalue weighted by Gasteiger charge is 2.38. The van der Waals surface area contributed by atoms with Gasteiger partial charge < -0.3 is 14.8 Å². The van der Waals surface area contributed by atoms with E-state index in [-0.39, 0.29) is 23.1 Å². The Balaban J connectivity index is 2.33. The molecule has 0 saturated carbocycles. The normalized spacial score (nSPS) is 18.5. The molecule has 0 radical (unpaired) electrons. The first kappa shape index (κ1) is 16.2. The fourth-order valence-electron chi connectivity index (χ4n) is 3.12. The number of ether oxygens (including phenoxy) is 2. The van der Waals surface area contributed by atoms with E-state index in [0.717, 1.165) is 26.3 Å². The molecule has 1 aliphatic heterocycles. The summed E-state index contributed by atoms with van der Waals surface area (Å²) in [5, 5.41) is 3.27. The Labute approximate surface area is 126 Å². The molecule has 1 unspecified atom stereocenters. The van der Waals surface area contributed by atoms with E-state index in [1.54, 1.807) is 6.07 Å². The summed E-state index contributed by atoms with van der Waals surface area (Å²) < 4.78 is 25.1. The quantitative estimate of drug-likeness (QED) is 0.903. The summed E-state index contributed by atoms with van der Waals surface area (Å²) in [4.78, 5) is 2.34. The second-order valence-corrected chi connectivity index (χ2v) is 5.84. The summed E-state index contributed by atoms with van der Waals surface area (Å²) >= 11 is 0. The highest BCUT2D eigenvalue weighted by molar-refractivity contribution is 5.34. The van der Waals surface area contributed by atoms with Crippen LogP contribution in [0.1, 0.15) is 25.5 Å². The average molecular weight is 296 g/mol. The van der Waals surface area contributed by atoms with Crippen LogP contribution in [0.5, 0.6) is 5.75 Å². The van der Waals surface area contributed by atoms with Crippen LogP contribution < -0.4 is 10.1 Å². The number of morpholine rings is 1. The van der Waals surface area contributed by atoms with Crippen LogP contribution in [0, 0.1) is 5.82 Å². The van der Waals surface area contributed by atoms with Gasteiger partial charge in [0.1, 0.15) is 0 Å². The Morgan fingerprint density at radius 2 is 2.00 bits per heavy atom. The molecule has 1 fully saturated rings. The predicted molar refractivity (Wildman–Crippen MR) is 81.2 cm³/mol. The van der Waals surface area contributed by atoms with Gasteiger partial charge in [-0.25, -0.2) is 4.39 Å². The average Bonchev–Trinajstić information content (AvgIpc) is 2.50. The lowest BCUT2D eigenvalue weighted by Crippen LogP contribution is -2.55. The van der Waals surface area contributed by atoms with E-state index in [1.807, 2.05) is 19.2 Å². The predicted octanol–water partition coefficient (Wildman–Crippen LogP) is 2.21. The number of methoxy groups -OCH3 is 1. The molecule has 1 aromatic rings. The minimum absolute atomic E-state index is 0.134. The number of halogens is 1. The number of nitrogens with one attached hydrogen (secondary N) is 1. The number of benzene rings is 1. The Kier molecular flexibility index (Phi) is 5.19. The maximum atomic E-state index is 14.6. The van der Waals surface area contributed by atoms with Gasteiger partial charge in [-0.2, -0.15) is 0 Å². The van der Waals surface area contributed by atoms with Gasteiger partial charge in [-0.3, -0.25) is 4.90 Å². The third-order valence-electron chi connectivity index (χ3n) is 4.35. The van der Waals surface area contributed by atoms with Crippen LogP contribution in [0.15, 0.2) is 18.2 Å². The molecule has 1 N–H and O–H groups in total. The molecule has 1 atom stereocenters. The first-order valence-corrected chi connectivity index (χ1v) is 7.34. The smallest absolute Gasteiger partial charge is 0.169 e. The van der Waals surface area contributed by atoms with Crippen molar-refractivity contribution < 1.29 is 13.9 Å². The molecule has 1 heterocycles. The van der Waals surface area contributed by atoms with Crippen LogP contribution in [0.4, 0.5) is 4.39 Å². The molecular weight excluding hydrogens is 271 g/mol. The minimum atomic E-state index is -0.291. The van der Waals surface area contributed by atoms with Crippen molar-refractivity contribution in [3.63, 3.8) is 0 Å². The maximum Gasteiger partial charge on any atom is 0.169 e. The topological polar surface area (TPSA) is 33.7 Å².